The molecule has 0 saturated carbocycles. The second-order valence-electron chi connectivity index (χ2n) is 6.35. The van der Waals surface area contributed by atoms with Crippen LogP contribution in [0, 0.1) is 5.92 Å². The number of likely N-dealkylation sites (N-methyl/N-ethyl adjacent to an activating group) is 1. The van der Waals surface area contributed by atoms with Crippen molar-refractivity contribution in [2.75, 3.05) is 6.54 Å². The van der Waals surface area contributed by atoms with E-state index in [0.29, 0.717) is 13.1 Å². The summed E-state index contributed by atoms with van der Waals surface area (Å²) in [6, 6.07) is 13.1. The fraction of sp³-hybridized carbons (Fsp3) is 0.400. The van der Waals surface area contributed by atoms with Gasteiger partial charge in [0.2, 0.25) is 5.91 Å². The van der Waals surface area contributed by atoms with Crippen molar-refractivity contribution >= 4 is 22.7 Å². The van der Waals surface area contributed by atoms with E-state index in [4.69, 9.17) is 5.73 Å². The molecule has 2 aromatic rings. The van der Waals surface area contributed by atoms with Gasteiger partial charge in [0.15, 0.2) is 0 Å². The Balaban J connectivity index is 2.12. The van der Waals surface area contributed by atoms with Gasteiger partial charge in [0.25, 0.3) is 0 Å². The van der Waals surface area contributed by atoms with Crippen molar-refractivity contribution in [2.45, 2.75) is 39.8 Å². The summed E-state index contributed by atoms with van der Waals surface area (Å²) < 4.78 is 0. The van der Waals surface area contributed by atoms with E-state index in [9.17, 15) is 9.59 Å². The highest BCUT2D eigenvalue weighted by molar-refractivity contribution is 5.87. The molecule has 0 aromatic heterocycles. The quantitative estimate of drug-likeness (QED) is 0.811. The average Bonchev–Trinajstić information content (AvgIpc) is 2.62. The van der Waals surface area contributed by atoms with Gasteiger partial charge in [-0.25, -0.2) is 4.79 Å². The van der Waals surface area contributed by atoms with E-state index in [1.807, 2.05) is 45.0 Å². The van der Waals surface area contributed by atoms with Crippen LogP contribution in [-0.2, 0) is 11.3 Å². The zero-order chi connectivity index (χ0) is 18.4. The lowest BCUT2D eigenvalue weighted by molar-refractivity contribution is -0.127. The lowest BCUT2D eigenvalue weighted by Crippen LogP contribution is -2.54. The number of hydrogen-bond donors (Lipinski definition) is 2. The number of carbonyl (C=O) groups is 2. The smallest absolute Gasteiger partial charge is 0.315 e. The SMILES string of the molecule is CCC(C)[C@H](C(=O)NCc1ccc2ccccc2c1)N(CC)C(N)=O. The maximum atomic E-state index is 12.7. The normalized spacial score (nSPS) is 13.2. The largest absolute Gasteiger partial charge is 0.351 e. The molecular formula is C20H27N3O2. The molecule has 0 bridgehead atoms. The van der Waals surface area contributed by atoms with E-state index in [1.54, 1.807) is 0 Å². The Bertz CT molecular complexity index is 745. The molecule has 0 aliphatic carbocycles. The van der Waals surface area contributed by atoms with Crippen LogP contribution in [0.25, 0.3) is 10.8 Å². The maximum Gasteiger partial charge on any atom is 0.315 e. The molecule has 0 saturated heterocycles. The van der Waals surface area contributed by atoms with E-state index in [1.165, 1.54) is 10.3 Å². The van der Waals surface area contributed by atoms with Crippen LogP contribution in [-0.4, -0.2) is 29.4 Å². The van der Waals surface area contributed by atoms with Gasteiger partial charge in [-0.15, -0.1) is 0 Å². The first-order valence-corrected chi connectivity index (χ1v) is 8.79. The number of amides is 3. The maximum absolute atomic E-state index is 12.7. The molecule has 0 spiro atoms. The molecule has 25 heavy (non-hydrogen) atoms. The summed E-state index contributed by atoms with van der Waals surface area (Å²) in [5, 5.41) is 5.27. The standard InChI is InChI=1S/C20H27N3O2/c1-4-14(3)18(23(5-2)20(21)25)19(24)22-13-15-10-11-16-8-6-7-9-17(16)12-15/h6-12,14,18H,4-5,13H2,1-3H3,(H2,21,25)(H,22,24)/t14?,18-/m1/s1. The number of urea groups is 1. The minimum absolute atomic E-state index is 0.0315. The number of carbonyl (C=O) groups excluding carboxylic acids is 2. The van der Waals surface area contributed by atoms with Crippen LogP contribution >= 0.6 is 0 Å². The minimum atomic E-state index is -0.561. The highest BCUT2D eigenvalue weighted by Gasteiger charge is 2.31. The van der Waals surface area contributed by atoms with Gasteiger partial charge in [-0.3, -0.25) is 4.79 Å². The number of nitrogens with zero attached hydrogens (tertiary/aromatic N) is 1. The molecule has 0 radical (unpaired) electrons. The molecule has 134 valence electrons. The van der Waals surface area contributed by atoms with Crippen molar-refractivity contribution < 1.29 is 9.59 Å². The Labute approximate surface area is 149 Å². The van der Waals surface area contributed by atoms with E-state index in [0.717, 1.165) is 17.4 Å². The predicted octanol–water partition coefficient (Wildman–Crippen LogP) is 3.27. The molecule has 0 aliphatic rings. The Kier molecular flexibility index (Phi) is 6.39. The number of nitrogens with one attached hydrogen (secondary N) is 1. The van der Waals surface area contributed by atoms with Crippen LogP contribution in [0.15, 0.2) is 42.5 Å². The fourth-order valence-corrected chi connectivity index (χ4v) is 3.06. The summed E-state index contributed by atoms with van der Waals surface area (Å²) in [4.78, 5) is 25.8. The summed E-state index contributed by atoms with van der Waals surface area (Å²) in [6.07, 6.45) is 0.790. The number of benzene rings is 2. The summed E-state index contributed by atoms with van der Waals surface area (Å²) in [6.45, 7) is 6.63. The van der Waals surface area contributed by atoms with E-state index in [-0.39, 0.29) is 11.8 Å². The first-order chi connectivity index (χ1) is 12.0. The Morgan fingerprint density at radius 2 is 1.80 bits per heavy atom. The topological polar surface area (TPSA) is 75.4 Å². The van der Waals surface area contributed by atoms with Gasteiger partial charge in [-0.1, -0.05) is 56.7 Å². The summed E-state index contributed by atoms with van der Waals surface area (Å²) in [5.41, 5.74) is 6.48. The molecule has 3 amide bonds. The molecule has 1 unspecified atom stereocenters. The first kappa shape index (κ1) is 18.8. The molecule has 0 heterocycles. The molecule has 5 nitrogen and oxygen atoms in total. The van der Waals surface area contributed by atoms with Gasteiger partial charge in [-0.05, 0) is 35.2 Å². The van der Waals surface area contributed by atoms with E-state index in [2.05, 4.69) is 23.5 Å². The molecule has 0 aliphatic heterocycles. The monoisotopic (exact) mass is 341 g/mol. The van der Waals surface area contributed by atoms with Crippen molar-refractivity contribution in [3.8, 4) is 0 Å². The van der Waals surface area contributed by atoms with Crippen LogP contribution in [0.4, 0.5) is 4.79 Å². The van der Waals surface area contributed by atoms with Gasteiger partial charge >= 0.3 is 6.03 Å². The zero-order valence-corrected chi connectivity index (χ0v) is 15.2. The third kappa shape index (κ3) is 4.50. The fourth-order valence-electron chi connectivity index (χ4n) is 3.06. The highest BCUT2D eigenvalue weighted by atomic mass is 16.2. The summed E-state index contributed by atoms with van der Waals surface area (Å²) in [5.74, 6) is -0.132. The van der Waals surface area contributed by atoms with Crippen molar-refractivity contribution in [3.05, 3.63) is 48.0 Å². The van der Waals surface area contributed by atoms with Gasteiger partial charge in [0, 0.05) is 13.1 Å². The summed E-state index contributed by atoms with van der Waals surface area (Å²) >= 11 is 0. The highest BCUT2D eigenvalue weighted by Crippen LogP contribution is 2.17. The third-order valence-corrected chi connectivity index (χ3v) is 4.69. The second-order valence-corrected chi connectivity index (χ2v) is 6.35. The van der Waals surface area contributed by atoms with Crippen LogP contribution in [0.3, 0.4) is 0 Å². The van der Waals surface area contributed by atoms with Crippen molar-refractivity contribution in [3.63, 3.8) is 0 Å². The Hall–Kier alpha value is -2.56. The average molecular weight is 341 g/mol. The van der Waals surface area contributed by atoms with E-state index < -0.39 is 12.1 Å². The third-order valence-electron chi connectivity index (χ3n) is 4.69. The molecule has 0 fully saturated rings. The van der Waals surface area contributed by atoms with Crippen LogP contribution in [0.1, 0.15) is 32.8 Å². The second kappa shape index (κ2) is 8.51. The minimum Gasteiger partial charge on any atom is -0.351 e. The number of nitrogens with two attached hydrogens (primary N) is 1. The number of hydrogen-bond acceptors (Lipinski definition) is 2. The molecule has 2 rings (SSSR count). The Morgan fingerprint density at radius 1 is 1.12 bits per heavy atom. The van der Waals surface area contributed by atoms with Crippen molar-refractivity contribution in [1.29, 1.82) is 0 Å². The zero-order valence-electron chi connectivity index (χ0n) is 15.2. The van der Waals surface area contributed by atoms with Gasteiger partial charge in [0.05, 0.1) is 0 Å². The lowest BCUT2D eigenvalue weighted by atomic mass is 9.96. The number of primary amides is 1. The molecule has 5 heteroatoms. The van der Waals surface area contributed by atoms with E-state index >= 15 is 0 Å². The van der Waals surface area contributed by atoms with Gasteiger partial charge < -0.3 is 16.0 Å². The lowest BCUT2D eigenvalue weighted by Gasteiger charge is -2.32. The predicted molar refractivity (Wildman–Crippen MR) is 101 cm³/mol. The van der Waals surface area contributed by atoms with Crippen LogP contribution in [0.2, 0.25) is 0 Å². The van der Waals surface area contributed by atoms with Crippen LogP contribution < -0.4 is 11.1 Å². The van der Waals surface area contributed by atoms with Crippen LogP contribution in [0.5, 0.6) is 0 Å². The number of rotatable bonds is 7. The Morgan fingerprint density at radius 3 is 2.40 bits per heavy atom. The molecule has 2 aromatic carbocycles. The number of fused-ring (bicyclic) bond motifs is 1. The molecule has 2 atom stereocenters. The first-order valence-electron chi connectivity index (χ1n) is 8.79. The molecular weight excluding hydrogens is 314 g/mol. The van der Waals surface area contributed by atoms with Crippen molar-refractivity contribution in [2.24, 2.45) is 11.7 Å². The molecule has 3 N–H and O–H groups in total. The van der Waals surface area contributed by atoms with Gasteiger partial charge in [0.1, 0.15) is 6.04 Å². The van der Waals surface area contributed by atoms with Crippen molar-refractivity contribution in [1.82, 2.24) is 10.2 Å². The van der Waals surface area contributed by atoms with Gasteiger partial charge in [-0.2, -0.15) is 0 Å². The summed E-state index contributed by atoms with van der Waals surface area (Å²) in [7, 11) is 0.